The van der Waals surface area contributed by atoms with Gasteiger partial charge in [0, 0.05) is 17.6 Å². The highest BCUT2D eigenvalue weighted by Gasteiger charge is 1.99. The molecule has 68 valence electrons. The number of rotatable bonds is 4. The molecular formula is C9H16N2S. The van der Waals surface area contributed by atoms with Crippen molar-refractivity contribution in [2.45, 2.75) is 20.3 Å². The van der Waals surface area contributed by atoms with Crippen LogP contribution in [-0.4, -0.2) is 30.0 Å². The molecule has 0 spiro atoms. The molecule has 1 aromatic rings. The zero-order valence-electron chi connectivity index (χ0n) is 8.00. The highest BCUT2D eigenvalue weighted by molar-refractivity contribution is 7.11. The van der Waals surface area contributed by atoms with Gasteiger partial charge in [0.1, 0.15) is 0 Å². The van der Waals surface area contributed by atoms with E-state index in [9.17, 15) is 0 Å². The zero-order chi connectivity index (χ0) is 8.97. The summed E-state index contributed by atoms with van der Waals surface area (Å²) in [5.74, 6) is 0. The molecule has 0 saturated carbocycles. The van der Waals surface area contributed by atoms with Crippen molar-refractivity contribution >= 4 is 11.3 Å². The van der Waals surface area contributed by atoms with Crippen LogP contribution < -0.4 is 0 Å². The Morgan fingerprint density at radius 2 is 2.33 bits per heavy atom. The van der Waals surface area contributed by atoms with E-state index in [0.717, 1.165) is 19.5 Å². The number of thiazole rings is 1. The van der Waals surface area contributed by atoms with Crippen LogP contribution >= 0.6 is 11.3 Å². The van der Waals surface area contributed by atoms with Crippen molar-refractivity contribution in [3.05, 3.63) is 16.1 Å². The molecule has 0 aliphatic carbocycles. The second-order valence-electron chi connectivity index (χ2n) is 2.99. The van der Waals surface area contributed by atoms with Crippen molar-refractivity contribution in [1.29, 1.82) is 0 Å². The second-order valence-corrected chi connectivity index (χ2v) is 4.31. The maximum atomic E-state index is 4.22. The van der Waals surface area contributed by atoms with Gasteiger partial charge in [-0.25, -0.2) is 4.98 Å². The average Bonchev–Trinajstić information content (AvgIpc) is 2.47. The van der Waals surface area contributed by atoms with Gasteiger partial charge in [-0.05, 0) is 26.9 Å². The number of nitrogens with zero attached hydrogens (tertiary/aromatic N) is 2. The molecule has 0 saturated heterocycles. The van der Waals surface area contributed by atoms with Gasteiger partial charge in [-0.1, -0.05) is 6.92 Å². The molecule has 0 fully saturated rings. The van der Waals surface area contributed by atoms with Crippen LogP contribution in [0.4, 0.5) is 0 Å². The molecule has 12 heavy (non-hydrogen) atoms. The summed E-state index contributed by atoms with van der Waals surface area (Å²) >= 11 is 1.80. The minimum Gasteiger partial charge on any atom is -0.306 e. The minimum absolute atomic E-state index is 1.12. The molecule has 0 aromatic carbocycles. The molecule has 0 aliphatic heterocycles. The topological polar surface area (TPSA) is 16.1 Å². The molecule has 0 aliphatic rings. The number of aromatic nitrogens is 1. The summed E-state index contributed by atoms with van der Waals surface area (Å²) in [4.78, 5) is 7.93. The Kier molecular flexibility index (Phi) is 3.69. The van der Waals surface area contributed by atoms with Crippen molar-refractivity contribution in [2.24, 2.45) is 0 Å². The fraction of sp³-hybridized carbons (Fsp3) is 0.667. The molecule has 0 amide bonds. The van der Waals surface area contributed by atoms with Gasteiger partial charge in [0.2, 0.25) is 0 Å². The molecule has 0 bridgehead atoms. The minimum atomic E-state index is 1.12. The predicted molar refractivity (Wildman–Crippen MR) is 53.7 cm³/mol. The summed E-state index contributed by atoms with van der Waals surface area (Å²) in [6.45, 7) is 6.49. The first-order valence-corrected chi connectivity index (χ1v) is 5.14. The smallest absolute Gasteiger partial charge is 0.0896 e. The summed E-state index contributed by atoms with van der Waals surface area (Å²) in [6, 6.07) is 0. The van der Waals surface area contributed by atoms with Crippen LogP contribution in [0.15, 0.2) is 6.20 Å². The van der Waals surface area contributed by atoms with Gasteiger partial charge in [0.05, 0.1) is 5.01 Å². The highest BCUT2D eigenvalue weighted by Crippen LogP contribution is 2.11. The number of likely N-dealkylation sites (N-methyl/N-ethyl adjacent to an activating group) is 1. The highest BCUT2D eigenvalue weighted by atomic mass is 32.1. The van der Waals surface area contributed by atoms with Crippen LogP contribution in [0.2, 0.25) is 0 Å². The Balaban J connectivity index is 2.33. The summed E-state index contributed by atoms with van der Waals surface area (Å²) in [6.07, 6.45) is 3.12. The van der Waals surface area contributed by atoms with E-state index < -0.39 is 0 Å². The fourth-order valence-electron chi connectivity index (χ4n) is 0.980. The van der Waals surface area contributed by atoms with Crippen LogP contribution in [-0.2, 0) is 6.42 Å². The lowest BCUT2D eigenvalue weighted by Gasteiger charge is -2.11. The van der Waals surface area contributed by atoms with Gasteiger partial charge in [0.25, 0.3) is 0 Å². The first-order chi connectivity index (χ1) is 5.72. The Labute approximate surface area is 78.2 Å². The molecule has 1 aromatic heterocycles. The summed E-state index contributed by atoms with van der Waals surface area (Å²) in [5.41, 5.74) is 0. The van der Waals surface area contributed by atoms with E-state index >= 15 is 0 Å². The third-order valence-electron chi connectivity index (χ3n) is 1.95. The Morgan fingerprint density at radius 3 is 2.83 bits per heavy atom. The predicted octanol–water partition coefficient (Wildman–Crippen LogP) is 1.95. The van der Waals surface area contributed by atoms with Crippen LogP contribution in [0.25, 0.3) is 0 Å². The Morgan fingerprint density at radius 1 is 1.58 bits per heavy atom. The van der Waals surface area contributed by atoms with Gasteiger partial charge < -0.3 is 4.90 Å². The SMILES string of the molecule is CCN(C)CCc1cnc(C)s1. The largest absolute Gasteiger partial charge is 0.306 e. The van der Waals surface area contributed by atoms with E-state index in [1.54, 1.807) is 11.3 Å². The third kappa shape index (κ3) is 2.91. The van der Waals surface area contributed by atoms with Crippen molar-refractivity contribution in [2.75, 3.05) is 20.1 Å². The van der Waals surface area contributed by atoms with Crippen molar-refractivity contribution < 1.29 is 0 Å². The molecule has 0 atom stereocenters. The average molecular weight is 184 g/mol. The van der Waals surface area contributed by atoms with Crippen molar-refractivity contribution in [1.82, 2.24) is 9.88 Å². The Bertz CT molecular complexity index is 232. The normalized spacial score (nSPS) is 11.0. The summed E-state index contributed by atoms with van der Waals surface area (Å²) in [7, 11) is 2.15. The summed E-state index contributed by atoms with van der Waals surface area (Å²) in [5, 5.41) is 1.17. The summed E-state index contributed by atoms with van der Waals surface area (Å²) < 4.78 is 0. The lowest BCUT2D eigenvalue weighted by molar-refractivity contribution is 0.358. The number of hydrogen-bond acceptors (Lipinski definition) is 3. The van der Waals surface area contributed by atoms with E-state index in [1.165, 1.54) is 9.88 Å². The van der Waals surface area contributed by atoms with Crippen LogP contribution in [0.1, 0.15) is 16.8 Å². The fourth-order valence-corrected chi connectivity index (χ4v) is 1.76. The van der Waals surface area contributed by atoms with Crippen LogP contribution in [0.5, 0.6) is 0 Å². The second kappa shape index (κ2) is 4.58. The maximum absolute atomic E-state index is 4.22. The van der Waals surface area contributed by atoms with Gasteiger partial charge in [0.15, 0.2) is 0 Å². The maximum Gasteiger partial charge on any atom is 0.0896 e. The van der Waals surface area contributed by atoms with Crippen molar-refractivity contribution in [3.63, 3.8) is 0 Å². The first kappa shape index (κ1) is 9.68. The molecule has 2 nitrogen and oxygen atoms in total. The number of aryl methyl sites for hydroxylation is 1. The molecular weight excluding hydrogens is 168 g/mol. The first-order valence-electron chi connectivity index (χ1n) is 4.32. The lowest BCUT2D eigenvalue weighted by atomic mass is 10.3. The number of hydrogen-bond donors (Lipinski definition) is 0. The molecule has 0 N–H and O–H groups in total. The Hall–Kier alpha value is -0.410. The zero-order valence-corrected chi connectivity index (χ0v) is 8.82. The van der Waals surface area contributed by atoms with E-state index in [1.807, 2.05) is 6.20 Å². The van der Waals surface area contributed by atoms with Crippen LogP contribution in [0, 0.1) is 6.92 Å². The quantitative estimate of drug-likeness (QED) is 0.711. The monoisotopic (exact) mass is 184 g/mol. The molecule has 0 unspecified atom stereocenters. The van der Waals surface area contributed by atoms with Crippen molar-refractivity contribution in [3.8, 4) is 0 Å². The molecule has 0 radical (unpaired) electrons. The van der Waals surface area contributed by atoms with E-state index in [4.69, 9.17) is 0 Å². The van der Waals surface area contributed by atoms with E-state index in [2.05, 4.69) is 30.8 Å². The van der Waals surface area contributed by atoms with E-state index in [0.29, 0.717) is 0 Å². The third-order valence-corrected chi connectivity index (χ3v) is 2.92. The van der Waals surface area contributed by atoms with Gasteiger partial charge in [-0.2, -0.15) is 0 Å². The van der Waals surface area contributed by atoms with Crippen LogP contribution in [0.3, 0.4) is 0 Å². The van der Waals surface area contributed by atoms with E-state index in [-0.39, 0.29) is 0 Å². The van der Waals surface area contributed by atoms with Gasteiger partial charge >= 0.3 is 0 Å². The molecule has 1 rings (SSSR count). The van der Waals surface area contributed by atoms with Gasteiger partial charge in [-0.3, -0.25) is 0 Å². The molecule has 1 heterocycles. The molecule has 3 heteroatoms. The standard InChI is InChI=1S/C9H16N2S/c1-4-11(3)6-5-9-7-10-8(2)12-9/h7H,4-6H2,1-3H3. The van der Waals surface area contributed by atoms with Gasteiger partial charge in [-0.15, -0.1) is 11.3 Å². The lowest BCUT2D eigenvalue weighted by Crippen LogP contribution is -2.20.